The van der Waals surface area contributed by atoms with Crippen LogP contribution in [0.5, 0.6) is 0 Å². The lowest BCUT2D eigenvalue weighted by Gasteiger charge is -2.43. The van der Waals surface area contributed by atoms with Crippen molar-refractivity contribution >= 4 is 80.9 Å². The zero-order valence-electron chi connectivity index (χ0n) is 66.9. The number of alkyl carbamates (subject to hydrolysis) is 2. The fourth-order valence-corrected chi connectivity index (χ4v) is 15.7. The van der Waals surface area contributed by atoms with Crippen LogP contribution in [0.2, 0.25) is 5.15 Å². The lowest BCUT2D eigenvalue weighted by atomic mass is 9.71. The summed E-state index contributed by atoms with van der Waals surface area (Å²) in [7, 11) is 0. The highest BCUT2D eigenvalue weighted by molar-refractivity contribution is 6.29. The minimum Gasteiger partial charge on any atom is -1.00 e. The van der Waals surface area contributed by atoms with Crippen molar-refractivity contribution in [3.8, 4) is 67.2 Å². The summed E-state index contributed by atoms with van der Waals surface area (Å²) >= 11 is 6.15. The molecule has 6 aliphatic rings. The third-order valence-corrected chi connectivity index (χ3v) is 22.3. The third-order valence-electron chi connectivity index (χ3n) is 22.1. The van der Waals surface area contributed by atoms with Crippen LogP contribution in [0.1, 0.15) is 116 Å². The molecule has 6 N–H and O–H groups in total. The van der Waals surface area contributed by atoms with E-state index in [-0.39, 0.29) is 53.6 Å². The number of quaternary nitrogens is 1. The number of benzene rings is 6. The molecule has 6 aromatic carbocycles. The molecular weight excluding hydrogens is 1520 g/mol. The van der Waals surface area contributed by atoms with Gasteiger partial charge in [-0.25, -0.2) is 39.5 Å². The molecule has 0 bridgehead atoms. The number of ether oxygens (including phenoxy) is 5. The van der Waals surface area contributed by atoms with Crippen LogP contribution in [0.4, 0.5) is 21.2 Å². The summed E-state index contributed by atoms with van der Waals surface area (Å²) in [6, 6.07) is 75.0. The molecule has 3 saturated heterocycles. The van der Waals surface area contributed by atoms with Gasteiger partial charge in [-0.3, -0.25) is 0 Å². The standard InChI is InChI=1S/C33H36N4O3.C29H28ClN3O2.C28H28N4O.C4H9NO.2ClH/c1-32(2,3)40-31(38)36-33(16-7-17-33)25-12-10-24(11-13-25)30-26(23-8-5-4-6-9-23)22-28-27(35-30)14-15-29(34-28)37-18-20-39-21-19-37;1-28(2,3)35-27(34)33-29(16-7-17-29)21-12-10-20(11-13-21)26-22(19-8-5-4-6-9-19)18-24-23(32-26)14-15-25(30)31-24;29-28(13-4-14-28)22-9-7-21(8-10-22)27-23(20-5-2-1-3-6-20)19-25-24(31-27)11-12-26(30-25)32-15-17-33-18-16-32;1-3-6-4-2-5-1;;/h4-6,8-15,22H,7,16-21H2,1-3H3,(H,36,38);4-6,8-15,18H,7,16-17H2,1-3H3,(H,33,34);1-3,5-12,19H,4,13-18,29H2;5H,1-4H2;2*1H. The number of anilines is 2. The Hall–Kier alpha value is -10.2. The van der Waals surface area contributed by atoms with E-state index in [0.29, 0.717) is 5.15 Å². The van der Waals surface area contributed by atoms with Crippen LogP contribution in [0, 0.1) is 0 Å². The number of pyridine rings is 6. The molecule has 22 heteroatoms. The maximum absolute atomic E-state index is 12.6. The van der Waals surface area contributed by atoms with E-state index < -0.39 is 11.2 Å². The van der Waals surface area contributed by atoms with Crippen molar-refractivity contribution in [3.05, 3.63) is 240 Å². The van der Waals surface area contributed by atoms with Gasteiger partial charge in [0.05, 0.1) is 101 Å². The van der Waals surface area contributed by atoms with E-state index in [9.17, 15) is 9.59 Å². The zero-order valence-corrected chi connectivity index (χ0v) is 69.3. The number of hydrogen-bond acceptors (Lipinski definition) is 16. The first-order chi connectivity index (χ1) is 55.2. The van der Waals surface area contributed by atoms with Gasteiger partial charge in [-0.1, -0.05) is 175 Å². The van der Waals surface area contributed by atoms with Crippen molar-refractivity contribution in [3.63, 3.8) is 0 Å². The molecule has 6 aromatic heterocycles. The number of fused-ring (bicyclic) bond motifs is 3. The summed E-state index contributed by atoms with van der Waals surface area (Å²) in [6.07, 6.45) is 8.58. The van der Waals surface area contributed by atoms with E-state index in [1.54, 1.807) is 6.07 Å². The molecule has 2 amide bonds. The summed E-state index contributed by atoms with van der Waals surface area (Å²) in [5.41, 5.74) is 23.7. The van der Waals surface area contributed by atoms with Crippen LogP contribution < -0.4 is 43.9 Å². The van der Waals surface area contributed by atoms with Gasteiger partial charge in [-0.2, -0.15) is 0 Å². The van der Waals surface area contributed by atoms with Gasteiger partial charge in [-0.15, -0.1) is 12.4 Å². The van der Waals surface area contributed by atoms with Crippen molar-refractivity contribution in [2.24, 2.45) is 0 Å². The predicted molar refractivity (Wildman–Crippen MR) is 461 cm³/mol. The Morgan fingerprint density at radius 2 is 0.733 bits per heavy atom. The number of nitrogens with one attached hydrogen (secondary N) is 3. The molecule has 9 heterocycles. The number of aromatic nitrogens is 6. The second-order valence-electron chi connectivity index (χ2n) is 32.4. The first-order valence-corrected chi connectivity index (χ1v) is 40.5. The van der Waals surface area contributed by atoms with E-state index in [1.165, 1.54) is 24.8 Å². The first kappa shape index (κ1) is 83.7. The molecule has 18 rings (SSSR count). The average molecular weight is 1620 g/mol. The van der Waals surface area contributed by atoms with E-state index in [1.807, 2.05) is 96.1 Å². The summed E-state index contributed by atoms with van der Waals surface area (Å²) in [4.78, 5) is 59.3. The highest BCUT2D eigenvalue weighted by Crippen LogP contribution is 2.46. The summed E-state index contributed by atoms with van der Waals surface area (Å²) in [5.74, 6) is 1.95. The fraction of sp³-hybridized carbons (Fsp3) is 0.340. The molecule has 0 spiro atoms. The molecule has 602 valence electrons. The SMILES string of the molecule is C1COCCN1.CC(C)(C)OC(=O)NC1(c2ccc(-c3nc4ccc(Cl)nc4cc3-c3ccccc3)cc2)CCC1.CC(C)(C)OC(=O)NC1(c2ccc(-c3nc4ccc(N5CCOCC5)nc4cc3-c3ccccc3)cc2)CCC1.Cl.[Cl-].[NH3+]C1(c2ccc(-c3nc4ccc(N5CCOCC5)nc4cc3-c3ccccc3)cc2)CCC1. The molecule has 19 nitrogen and oxygen atoms in total. The number of carbonyl (C=O) groups is 2. The van der Waals surface area contributed by atoms with E-state index in [2.05, 4.69) is 194 Å². The normalized spacial score (nSPS) is 16.6. The lowest BCUT2D eigenvalue weighted by molar-refractivity contribution is -0.509. The molecule has 6 fully saturated rings. The third kappa shape index (κ3) is 19.9. The number of hydrogen-bond donors (Lipinski definition) is 4. The minimum absolute atomic E-state index is 0. The van der Waals surface area contributed by atoms with Gasteiger partial charge in [0, 0.05) is 91.1 Å². The monoisotopic (exact) mass is 1620 g/mol. The largest absolute Gasteiger partial charge is 1.00 e. The Labute approximate surface area is 697 Å². The van der Waals surface area contributed by atoms with Crippen LogP contribution in [-0.2, 0) is 40.3 Å². The number of amides is 2. The summed E-state index contributed by atoms with van der Waals surface area (Å²) in [6.45, 7) is 21.5. The molecule has 12 aromatic rings. The van der Waals surface area contributed by atoms with Gasteiger partial charge in [-0.05, 0) is 169 Å². The van der Waals surface area contributed by atoms with Gasteiger partial charge < -0.3 is 67.6 Å². The molecule has 0 unspecified atom stereocenters. The molecule has 0 radical (unpaired) electrons. The maximum atomic E-state index is 12.6. The number of morpholine rings is 3. The predicted octanol–water partition coefficient (Wildman–Crippen LogP) is 15.7. The smallest absolute Gasteiger partial charge is 0.408 e. The van der Waals surface area contributed by atoms with Gasteiger partial charge >= 0.3 is 12.2 Å². The molecule has 3 aliphatic carbocycles. The van der Waals surface area contributed by atoms with Gasteiger partial charge in [0.1, 0.15) is 33.5 Å². The summed E-state index contributed by atoms with van der Waals surface area (Å²) in [5, 5.41) is 9.89. The lowest BCUT2D eigenvalue weighted by Crippen LogP contribution is -3.00. The minimum atomic E-state index is -0.535. The highest BCUT2D eigenvalue weighted by Gasteiger charge is 2.43. The second-order valence-corrected chi connectivity index (χ2v) is 32.8. The van der Waals surface area contributed by atoms with Crippen LogP contribution in [0.25, 0.3) is 100 Å². The van der Waals surface area contributed by atoms with Crippen LogP contribution in [0.3, 0.4) is 0 Å². The van der Waals surface area contributed by atoms with Crippen molar-refractivity contribution in [2.75, 3.05) is 88.7 Å². The van der Waals surface area contributed by atoms with Crippen molar-refractivity contribution in [2.45, 2.75) is 127 Å². The fourth-order valence-electron chi connectivity index (χ4n) is 15.5. The molecule has 116 heavy (non-hydrogen) atoms. The Kier molecular flexibility index (Phi) is 26.7. The van der Waals surface area contributed by atoms with E-state index >= 15 is 0 Å². The van der Waals surface area contributed by atoms with Crippen LogP contribution in [0.15, 0.2) is 218 Å². The average Bonchev–Trinajstić information content (AvgIpc) is 0.780. The molecule has 3 aliphatic heterocycles. The van der Waals surface area contributed by atoms with Crippen LogP contribution >= 0.6 is 24.0 Å². The Balaban J connectivity index is 0.000000145. The van der Waals surface area contributed by atoms with E-state index in [0.717, 1.165) is 240 Å². The Morgan fingerprint density at radius 1 is 0.405 bits per heavy atom. The highest BCUT2D eigenvalue weighted by atomic mass is 35.5. The van der Waals surface area contributed by atoms with Gasteiger partial charge in [0.2, 0.25) is 0 Å². The van der Waals surface area contributed by atoms with Crippen molar-refractivity contribution in [1.82, 2.24) is 45.9 Å². The topological polar surface area (TPSA) is 228 Å². The Morgan fingerprint density at radius 3 is 1.03 bits per heavy atom. The Bertz CT molecular complexity index is 5310. The summed E-state index contributed by atoms with van der Waals surface area (Å²) < 4.78 is 27.1. The van der Waals surface area contributed by atoms with Gasteiger partial charge in [0.15, 0.2) is 0 Å². The molecule has 3 saturated carbocycles. The number of halogens is 3. The number of nitrogens with zero attached hydrogens (tertiary/aromatic N) is 8. The van der Waals surface area contributed by atoms with Gasteiger partial charge in [0.25, 0.3) is 0 Å². The quantitative estimate of drug-likeness (QED) is 0.0787. The molecule has 0 atom stereocenters. The van der Waals surface area contributed by atoms with Crippen molar-refractivity contribution in [1.29, 1.82) is 0 Å². The van der Waals surface area contributed by atoms with Crippen LogP contribution in [-0.4, -0.2) is 132 Å². The first-order valence-electron chi connectivity index (χ1n) is 40.1. The molecular formula is C94H103Cl3N12O7. The number of carbonyl (C=O) groups excluding carboxylic acids is 2. The van der Waals surface area contributed by atoms with E-state index in [4.69, 9.17) is 60.2 Å². The zero-order chi connectivity index (χ0) is 78.9. The number of rotatable bonds is 13. The van der Waals surface area contributed by atoms with Crippen molar-refractivity contribution < 1.29 is 51.4 Å². The maximum Gasteiger partial charge on any atom is 0.408 e. The second kappa shape index (κ2) is 37.0.